The summed E-state index contributed by atoms with van der Waals surface area (Å²) >= 11 is 0. The monoisotopic (exact) mass is 372 g/mol. The van der Waals surface area contributed by atoms with E-state index in [9.17, 15) is 8.78 Å². The largest absolute Gasteiger partial charge is 0.353 e. The molecule has 1 aliphatic heterocycles. The van der Waals surface area contributed by atoms with Gasteiger partial charge in [-0.05, 0) is 43.7 Å². The lowest BCUT2D eigenvalue weighted by atomic mass is 9.91. The summed E-state index contributed by atoms with van der Waals surface area (Å²) in [5, 5.41) is 12.2. The van der Waals surface area contributed by atoms with E-state index in [1.165, 1.54) is 16.6 Å². The molecule has 1 fully saturated rings. The Balaban J connectivity index is 1.49. The number of nitrogens with zero attached hydrogens (tertiary/aromatic N) is 6. The number of piperazine rings is 1. The Morgan fingerprint density at radius 1 is 0.963 bits per heavy atom. The summed E-state index contributed by atoms with van der Waals surface area (Å²) in [5.74, 6) is 0.779. The van der Waals surface area contributed by atoms with E-state index in [0.717, 1.165) is 37.6 Å². The zero-order chi connectivity index (χ0) is 19.0. The fourth-order valence-corrected chi connectivity index (χ4v) is 3.61. The molecule has 2 aromatic heterocycles. The van der Waals surface area contributed by atoms with E-state index in [2.05, 4.69) is 38.9 Å². The van der Waals surface area contributed by atoms with Crippen LogP contribution in [-0.2, 0) is 12.2 Å². The van der Waals surface area contributed by atoms with Crippen LogP contribution < -0.4 is 4.90 Å². The number of fused-ring (bicyclic) bond motifs is 1. The van der Waals surface area contributed by atoms with E-state index >= 15 is 0 Å². The van der Waals surface area contributed by atoms with Gasteiger partial charge in [-0.2, -0.15) is 4.52 Å². The van der Waals surface area contributed by atoms with Crippen molar-refractivity contribution in [2.45, 2.75) is 26.1 Å². The minimum atomic E-state index is -0.697. The Labute approximate surface area is 156 Å². The van der Waals surface area contributed by atoms with Gasteiger partial charge in [0.1, 0.15) is 11.6 Å². The Bertz CT molecular complexity index is 929. The molecule has 0 N–H and O–H groups in total. The van der Waals surface area contributed by atoms with Gasteiger partial charge in [-0.15, -0.1) is 15.3 Å². The molecule has 3 heterocycles. The van der Waals surface area contributed by atoms with Gasteiger partial charge in [0.25, 0.3) is 0 Å². The second-order valence-corrected chi connectivity index (χ2v) is 7.25. The first-order valence-electron chi connectivity index (χ1n) is 9.02. The van der Waals surface area contributed by atoms with E-state index in [-0.39, 0.29) is 17.2 Å². The average Bonchev–Trinajstić information content (AvgIpc) is 3.11. The van der Waals surface area contributed by atoms with Crippen LogP contribution in [0.2, 0.25) is 0 Å². The summed E-state index contributed by atoms with van der Waals surface area (Å²) in [6, 6.07) is 10.4. The summed E-state index contributed by atoms with van der Waals surface area (Å²) in [5.41, 5.74) is 1.45. The first-order chi connectivity index (χ1) is 13.0. The van der Waals surface area contributed by atoms with Gasteiger partial charge >= 0.3 is 0 Å². The van der Waals surface area contributed by atoms with E-state index in [1.54, 1.807) is 0 Å². The molecule has 4 rings (SSSR count). The highest BCUT2D eigenvalue weighted by atomic mass is 19.1. The number of aromatic nitrogens is 4. The topological polar surface area (TPSA) is 49.6 Å². The smallest absolute Gasteiger partial charge is 0.185 e. The number of rotatable bonds is 4. The Kier molecular flexibility index (Phi) is 4.51. The van der Waals surface area contributed by atoms with Gasteiger partial charge in [0.05, 0.1) is 0 Å². The van der Waals surface area contributed by atoms with Gasteiger partial charge in [0, 0.05) is 31.7 Å². The molecule has 0 aliphatic carbocycles. The molecule has 27 heavy (non-hydrogen) atoms. The lowest BCUT2D eigenvalue weighted by molar-refractivity contribution is 0.111. The first-order valence-corrected chi connectivity index (χ1v) is 9.02. The molecule has 1 saturated heterocycles. The van der Waals surface area contributed by atoms with Crippen molar-refractivity contribution in [2.24, 2.45) is 0 Å². The van der Waals surface area contributed by atoms with Crippen molar-refractivity contribution >= 4 is 11.5 Å². The molecule has 0 bridgehead atoms. The van der Waals surface area contributed by atoms with Crippen molar-refractivity contribution in [1.82, 2.24) is 24.7 Å². The molecule has 0 atom stereocenters. The molecule has 1 aromatic carbocycles. The number of benzene rings is 1. The lowest BCUT2D eigenvalue weighted by Crippen LogP contribution is -2.53. The molecular formula is C19H22F2N6. The maximum Gasteiger partial charge on any atom is 0.185 e. The highest BCUT2D eigenvalue weighted by Crippen LogP contribution is 2.29. The molecule has 3 aromatic rings. The third-order valence-corrected chi connectivity index (χ3v) is 5.38. The van der Waals surface area contributed by atoms with Crippen molar-refractivity contribution in [1.29, 1.82) is 0 Å². The maximum absolute atomic E-state index is 13.2. The number of hydrogen-bond donors (Lipinski definition) is 0. The van der Waals surface area contributed by atoms with Gasteiger partial charge in [-0.25, -0.2) is 8.78 Å². The van der Waals surface area contributed by atoms with Gasteiger partial charge in [0.15, 0.2) is 18.1 Å². The average molecular weight is 372 g/mol. The molecule has 0 amide bonds. The van der Waals surface area contributed by atoms with E-state index in [0.29, 0.717) is 5.65 Å². The van der Waals surface area contributed by atoms with Crippen LogP contribution in [0.5, 0.6) is 0 Å². The Morgan fingerprint density at radius 2 is 1.67 bits per heavy atom. The summed E-state index contributed by atoms with van der Waals surface area (Å²) < 4.78 is 27.7. The molecule has 0 radical (unpaired) electrons. The van der Waals surface area contributed by atoms with Crippen LogP contribution in [0.3, 0.4) is 0 Å². The van der Waals surface area contributed by atoms with Gasteiger partial charge in [-0.1, -0.05) is 12.1 Å². The number of anilines is 1. The normalized spacial score (nSPS) is 16.2. The molecular weight excluding hydrogens is 350 g/mol. The summed E-state index contributed by atoms with van der Waals surface area (Å²) in [6.07, 6.45) is 0. The number of halogens is 2. The third-order valence-electron chi connectivity index (χ3n) is 5.38. The van der Waals surface area contributed by atoms with Gasteiger partial charge < -0.3 is 4.90 Å². The van der Waals surface area contributed by atoms with Crippen LogP contribution in [0.25, 0.3) is 5.65 Å². The molecule has 6 nitrogen and oxygen atoms in total. The highest BCUT2D eigenvalue weighted by Gasteiger charge is 2.31. The number of hydrogen-bond acceptors (Lipinski definition) is 5. The Hall–Kier alpha value is -2.61. The maximum atomic E-state index is 13.2. The highest BCUT2D eigenvalue weighted by molar-refractivity contribution is 5.46. The molecule has 0 spiro atoms. The standard InChI is InChI=1S/C19H22F2N6/c1-19(2,14-3-5-15(21)6-4-14)26-11-9-25(10-12-26)17-8-7-16-22-23-18(13-20)27(16)24-17/h3-8H,9-13H2,1-2H3. The van der Waals surface area contributed by atoms with Crippen molar-refractivity contribution < 1.29 is 8.78 Å². The predicted octanol–water partition coefficient (Wildman–Crippen LogP) is 2.79. The van der Waals surface area contributed by atoms with E-state index < -0.39 is 6.67 Å². The van der Waals surface area contributed by atoms with E-state index in [1.807, 2.05) is 24.3 Å². The second-order valence-electron chi connectivity index (χ2n) is 7.25. The molecule has 0 unspecified atom stereocenters. The van der Waals surface area contributed by atoms with Crippen LogP contribution in [0, 0.1) is 5.82 Å². The van der Waals surface area contributed by atoms with Crippen molar-refractivity contribution in [2.75, 3.05) is 31.1 Å². The fraction of sp³-hybridized carbons (Fsp3) is 0.421. The zero-order valence-corrected chi connectivity index (χ0v) is 15.4. The molecule has 142 valence electrons. The number of alkyl halides is 1. The lowest BCUT2D eigenvalue weighted by Gasteiger charge is -2.44. The zero-order valence-electron chi connectivity index (χ0n) is 15.4. The van der Waals surface area contributed by atoms with Gasteiger partial charge in [-0.3, -0.25) is 4.90 Å². The first kappa shape index (κ1) is 17.8. The van der Waals surface area contributed by atoms with Crippen LogP contribution >= 0.6 is 0 Å². The third kappa shape index (κ3) is 3.25. The summed E-state index contributed by atoms with van der Waals surface area (Å²) in [7, 11) is 0. The summed E-state index contributed by atoms with van der Waals surface area (Å²) in [6.45, 7) is 6.92. The molecule has 1 aliphatic rings. The van der Waals surface area contributed by atoms with Gasteiger partial charge in [0.2, 0.25) is 0 Å². The Morgan fingerprint density at radius 3 is 2.33 bits per heavy atom. The molecule has 0 saturated carbocycles. The minimum absolute atomic E-state index is 0.188. The van der Waals surface area contributed by atoms with Crippen LogP contribution in [0.4, 0.5) is 14.6 Å². The van der Waals surface area contributed by atoms with Crippen molar-refractivity contribution in [3.05, 3.63) is 53.6 Å². The van der Waals surface area contributed by atoms with Crippen LogP contribution in [-0.4, -0.2) is 50.9 Å². The second kappa shape index (κ2) is 6.84. The molecule has 8 heteroatoms. The van der Waals surface area contributed by atoms with E-state index in [4.69, 9.17) is 0 Å². The van der Waals surface area contributed by atoms with Crippen LogP contribution in [0.15, 0.2) is 36.4 Å². The predicted molar refractivity (Wildman–Crippen MR) is 98.8 cm³/mol. The van der Waals surface area contributed by atoms with Crippen molar-refractivity contribution in [3.63, 3.8) is 0 Å². The quantitative estimate of drug-likeness (QED) is 0.705. The van der Waals surface area contributed by atoms with Crippen LogP contribution in [0.1, 0.15) is 25.2 Å². The fourth-order valence-electron chi connectivity index (χ4n) is 3.61. The summed E-state index contributed by atoms with van der Waals surface area (Å²) in [4.78, 5) is 4.57. The SMILES string of the molecule is CC(C)(c1ccc(F)cc1)N1CCN(c2ccc3nnc(CF)n3n2)CC1. The minimum Gasteiger partial charge on any atom is -0.353 e. The van der Waals surface area contributed by atoms with Crippen molar-refractivity contribution in [3.8, 4) is 0 Å².